The number of nitrogens with zero attached hydrogens (tertiary/aromatic N) is 3. The molecular formula is C9H12N4O. The number of hydrogen-bond donors (Lipinski definition) is 1. The first-order valence-electron chi connectivity index (χ1n) is 4.66. The Bertz CT molecular complexity index is 350. The number of ether oxygens (including phenoxy) is 1. The number of rotatable bonds is 4. The summed E-state index contributed by atoms with van der Waals surface area (Å²) >= 11 is 0. The van der Waals surface area contributed by atoms with Crippen LogP contribution in [0.25, 0.3) is 0 Å². The van der Waals surface area contributed by atoms with Gasteiger partial charge in [0.25, 0.3) is 0 Å². The molecule has 0 aliphatic heterocycles. The lowest BCUT2D eigenvalue weighted by atomic mass is 10.2. The van der Waals surface area contributed by atoms with Gasteiger partial charge in [-0.1, -0.05) is 0 Å². The van der Waals surface area contributed by atoms with Gasteiger partial charge in [-0.05, 0) is 18.8 Å². The molecule has 0 bridgehead atoms. The smallest absolute Gasteiger partial charge is 0.179 e. The molecule has 0 aromatic carbocycles. The molecule has 1 heterocycles. The van der Waals surface area contributed by atoms with Crippen molar-refractivity contribution in [2.75, 3.05) is 7.11 Å². The van der Waals surface area contributed by atoms with Crippen molar-refractivity contribution in [2.45, 2.75) is 25.4 Å². The van der Waals surface area contributed by atoms with Crippen LogP contribution in [0.3, 0.4) is 0 Å². The third-order valence-electron chi connectivity index (χ3n) is 2.35. The second-order valence-electron chi connectivity index (χ2n) is 3.47. The van der Waals surface area contributed by atoms with E-state index in [1.54, 1.807) is 7.11 Å². The third kappa shape index (κ3) is 1.75. The Hall–Kier alpha value is -1.41. The highest BCUT2D eigenvalue weighted by atomic mass is 16.5. The first-order chi connectivity index (χ1) is 6.85. The van der Waals surface area contributed by atoms with Crippen LogP contribution >= 0.6 is 0 Å². The lowest BCUT2D eigenvalue weighted by Gasteiger charge is -2.08. The van der Waals surface area contributed by atoms with Crippen molar-refractivity contribution in [1.82, 2.24) is 15.2 Å². The van der Waals surface area contributed by atoms with Crippen LogP contribution in [0.2, 0.25) is 0 Å². The zero-order chi connectivity index (χ0) is 9.97. The molecule has 1 unspecified atom stereocenters. The summed E-state index contributed by atoms with van der Waals surface area (Å²) in [4.78, 5) is 4.22. The molecule has 1 aromatic rings. The van der Waals surface area contributed by atoms with Crippen LogP contribution in [-0.4, -0.2) is 22.3 Å². The molecule has 5 heteroatoms. The first kappa shape index (κ1) is 9.16. The van der Waals surface area contributed by atoms with Gasteiger partial charge >= 0.3 is 0 Å². The van der Waals surface area contributed by atoms with E-state index in [-0.39, 0.29) is 12.5 Å². The Kier molecular flexibility index (Phi) is 2.46. The zero-order valence-electron chi connectivity index (χ0n) is 8.03. The molecule has 0 amide bonds. The second kappa shape index (κ2) is 3.76. The summed E-state index contributed by atoms with van der Waals surface area (Å²) in [6.07, 6.45) is 2.63. The maximum absolute atomic E-state index is 8.48. The van der Waals surface area contributed by atoms with Crippen LogP contribution in [-0.2, 0) is 11.2 Å². The van der Waals surface area contributed by atoms with Gasteiger partial charge in [0, 0.05) is 7.11 Å². The van der Waals surface area contributed by atoms with Gasteiger partial charge in [0.1, 0.15) is 11.9 Å². The van der Waals surface area contributed by atoms with Crippen molar-refractivity contribution in [1.29, 1.82) is 5.26 Å². The number of methoxy groups -OCH3 is 1. The summed E-state index contributed by atoms with van der Waals surface area (Å²) in [5, 5.41) is 15.3. The van der Waals surface area contributed by atoms with Crippen LogP contribution < -0.4 is 0 Å². The highest BCUT2D eigenvalue weighted by Crippen LogP contribution is 2.41. The Morgan fingerprint density at radius 1 is 1.71 bits per heavy atom. The number of hydrogen-bond acceptors (Lipinski definition) is 4. The van der Waals surface area contributed by atoms with Gasteiger partial charge in [0.2, 0.25) is 0 Å². The van der Waals surface area contributed by atoms with Gasteiger partial charge in [-0.15, -0.1) is 0 Å². The summed E-state index contributed by atoms with van der Waals surface area (Å²) in [6.45, 7) is 0. The third-order valence-corrected chi connectivity index (χ3v) is 2.35. The molecule has 14 heavy (non-hydrogen) atoms. The molecular weight excluding hydrogens is 180 g/mol. The molecule has 5 nitrogen and oxygen atoms in total. The van der Waals surface area contributed by atoms with E-state index in [4.69, 9.17) is 10.00 Å². The fourth-order valence-electron chi connectivity index (χ4n) is 1.50. The number of aromatic nitrogens is 3. The van der Waals surface area contributed by atoms with Crippen molar-refractivity contribution < 1.29 is 4.74 Å². The normalized spacial score (nSPS) is 17.7. The van der Waals surface area contributed by atoms with E-state index in [0.29, 0.717) is 17.6 Å². The second-order valence-corrected chi connectivity index (χ2v) is 3.47. The quantitative estimate of drug-likeness (QED) is 0.771. The molecule has 74 valence electrons. The minimum atomic E-state index is -0.00121. The van der Waals surface area contributed by atoms with E-state index >= 15 is 0 Å². The fraction of sp³-hybridized carbons (Fsp3) is 0.667. The number of nitriles is 1. The van der Waals surface area contributed by atoms with Crippen LogP contribution in [0, 0.1) is 17.2 Å². The van der Waals surface area contributed by atoms with E-state index < -0.39 is 0 Å². The zero-order valence-corrected chi connectivity index (χ0v) is 8.03. The predicted octanol–water partition coefficient (Wildman–Crippen LogP) is 0.968. The summed E-state index contributed by atoms with van der Waals surface area (Å²) < 4.78 is 5.32. The largest absolute Gasteiger partial charge is 0.373 e. The standard InChI is InChI=1S/C9H12N4O/c1-14-8(6-2-3-6)9-11-7(4-5-10)12-13-9/h6,8H,2-4H2,1H3,(H,11,12,13). The van der Waals surface area contributed by atoms with Crippen molar-refractivity contribution in [2.24, 2.45) is 5.92 Å². The van der Waals surface area contributed by atoms with Gasteiger partial charge in [-0.2, -0.15) is 10.4 Å². The van der Waals surface area contributed by atoms with Gasteiger partial charge in [0.15, 0.2) is 5.82 Å². The molecule has 1 aliphatic carbocycles. The number of aromatic amines is 1. The summed E-state index contributed by atoms with van der Waals surface area (Å²) in [7, 11) is 1.67. The Labute approximate surface area is 82.1 Å². The molecule has 0 spiro atoms. The predicted molar refractivity (Wildman–Crippen MR) is 48.2 cm³/mol. The van der Waals surface area contributed by atoms with Crippen LogP contribution in [0.5, 0.6) is 0 Å². The molecule has 1 aromatic heterocycles. The molecule has 1 saturated carbocycles. The summed E-state index contributed by atoms with van der Waals surface area (Å²) in [5.41, 5.74) is 0. The minimum absolute atomic E-state index is 0.00121. The molecule has 1 aliphatic rings. The highest BCUT2D eigenvalue weighted by molar-refractivity contribution is 5.02. The van der Waals surface area contributed by atoms with Crippen molar-refractivity contribution in [3.05, 3.63) is 11.6 Å². The van der Waals surface area contributed by atoms with E-state index in [2.05, 4.69) is 15.2 Å². The Balaban J connectivity index is 2.10. The number of nitrogens with one attached hydrogen (secondary N) is 1. The average Bonchev–Trinajstić information content (AvgIpc) is 2.90. The monoisotopic (exact) mass is 192 g/mol. The van der Waals surface area contributed by atoms with Crippen LogP contribution in [0.15, 0.2) is 0 Å². The molecule has 1 atom stereocenters. The van der Waals surface area contributed by atoms with Crippen LogP contribution in [0.4, 0.5) is 0 Å². The van der Waals surface area contributed by atoms with E-state index in [9.17, 15) is 0 Å². The van der Waals surface area contributed by atoms with Crippen LogP contribution in [0.1, 0.15) is 30.6 Å². The maximum atomic E-state index is 8.48. The molecule has 2 rings (SSSR count). The molecule has 1 fully saturated rings. The number of H-pyrrole nitrogens is 1. The topological polar surface area (TPSA) is 74.6 Å². The van der Waals surface area contributed by atoms with Crippen molar-refractivity contribution >= 4 is 0 Å². The SMILES string of the molecule is COC(c1n[nH]c(CC#N)n1)C1CC1. The minimum Gasteiger partial charge on any atom is -0.373 e. The summed E-state index contributed by atoms with van der Waals surface area (Å²) in [5.74, 6) is 1.86. The molecule has 1 N–H and O–H groups in total. The lowest BCUT2D eigenvalue weighted by Crippen LogP contribution is -2.05. The van der Waals surface area contributed by atoms with Gasteiger partial charge < -0.3 is 4.74 Å². The van der Waals surface area contributed by atoms with E-state index in [1.807, 2.05) is 6.07 Å². The first-order valence-corrected chi connectivity index (χ1v) is 4.66. The van der Waals surface area contributed by atoms with Gasteiger partial charge in [-0.25, -0.2) is 4.98 Å². The van der Waals surface area contributed by atoms with Gasteiger partial charge in [0.05, 0.1) is 12.5 Å². The lowest BCUT2D eigenvalue weighted by molar-refractivity contribution is 0.0775. The average molecular weight is 192 g/mol. The molecule has 0 radical (unpaired) electrons. The van der Waals surface area contributed by atoms with E-state index in [1.165, 1.54) is 12.8 Å². The highest BCUT2D eigenvalue weighted by Gasteiger charge is 2.34. The summed E-state index contributed by atoms with van der Waals surface area (Å²) in [6, 6.07) is 2.02. The Morgan fingerprint density at radius 3 is 3.07 bits per heavy atom. The fourth-order valence-corrected chi connectivity index (χ4v) is 1.50. The Morgan fingerprint density at radius 2 is 2.50 bits per heavy atom. The van der Waals surface area contributed by atoms with Gasteiger partial charge in [-0.3, -0.25) is 5.10 Å². The van der Waals surface area contributed by atoms with Crippen molar-refractivity contribution in [3.8, 4) is 6.07 Å². The van der Waals surface area contributed by atoms with E-state index in [0.717, 1.165) is 0 Å². The maximum Gasteiger partial charge on any atom is 0.179 e. The molecule has 0 saturated heterocycles. The van der Waals surface area contributed by atoms with Crippen molar-refractivity contribution in [3.63, 3.8) is 0 Å².